The molecule has 0 spiro atoms. The monoisotopic (exact) mass is 195 g/mol. The van der Waals surface area contributed by atoms with Crippen LogP contribution in [0.2, 0.25) is 19.6 Å². The van der Waals surface area contributed by atoms with Crippen LogP contribution in [0.1, 0.15) is 19.3 Å². The molecule has 2 aliphatic heterocycles. The first-order chi connectivity index (χ1) is 6.04. The molecule has 0 radical (unpaired) electrons. The van der Waals surface area contributed by atoms with Gasteiger partial charge in [-0.3, -0.25) is 4.90 Å². The Morgan fingerprint density at radius 3 is 2.77 bits per heavy atom. The lowest BCUT2D eigenvalue weighted by Crippen LogP contribution is -2.22. The molecule has 2 heteroatoms. The molecule has 2 aliphatic rings. The van der Waals surface area contributed by atoms with E-state index in [0.717, 1.165) is 6.04 Å². The Balaban J connectivity index is 2.03. The molecule has 0 saturated carbocycles. The van der Waals surface area contributed by atoms with Crippen molar-refractivity contribution in [3.8, 4) is 0 Å². The zero-order valence-electron chi connectivity index (χ0n) is 9.14. The molecule has 2 saturated heterocycles. The quantitative estimate of drug-likeness (QED) is 0.581. The fraction of sp³-hybridized carbons (Fsp3) is 0.818. The lowest BCUT2D eigenvalue weighted by molar-refractivity contribution is 0.327. The number of rotatable bonds is 1. The number of hydrogen-bond acceptors (Lipinski definition) is 1. The van der Waals surface area contributed by atoms with Gasteiger partial charge in [0.1, 0.15) is 0 Å². The second-order valence-electron chi connectivity index (χ2n) is 5.64. The minimum Gasteiger partial charge on any atom is -0.296 e. The van der Waals surface area contributed by atoms with E-state index >= 15 is 0 Å². The lowest BCUT2D eigenvalue weighted by Gasteiger charge is -2.12. The highest BCUT2D eigenvalue weighted by atomic mass is 28.3. The average Bonchev–Trinajstić information content (AvgIpc) is 2.40. The molecule has 74 valence electrons. The molecule has 1 unspecified atom stereocenters. The van der Waals surface area contributed by atoms with E-state index in [4.69, 9.17) is 0 Å². The molecule has 2 rings (SSSR count). The van der Waals surface area contributed by atoms with Gasteiger partial charge < -0.3 is 0 Å². The van der Waals surface area contributed by atoms with Crippen LogP contribution in [-0.4, -0.2) is 32.1 Å². The van der Waals surface area contributed by atoms with Gasteiger partial charge in [-0.05, 0) is 25.8 Å². The highest BCUT2D eigenvalue weighted by Gasteiger charge is 2.32. The largest absolute Gasteiger partial charge is 0.296 e. The molecule has 0 N–H and O–H groups in total. The molecular weight excluding hydrogens is 174 g/mol. The first kappa shape index (κ1) is 9.47. The molecule has 2 heterocycles. The molecular formula is C11H21NSi. The van der Waals surface area contributed by atoms with Crippen LogP contribution in [0, 0.1) is 0 Å². The standard InChI is InChI=1S/C11H21NSi/c1-13(2,3)9-10-7-11-5-4-6-12(11)8-10/h9,11H,4-8H2,1-3H3/b10-9-. The summed E-state index contributed by atoms with van der Waals surface area (Å²) in [5.41, 5.74) is 4.36. The Labute approximate surface area is 82.8 Å². The van der Waals surface area contributed by atoms with Crippen molar-refractivity contribution >= 4 is 8.07 Å². The zero-order chi connectivity index (χ0) is 9.47. The van der Waals surface area contributed by atoms with Gasteiger partial charge in [-0.25, -0.2) is 0 Å². The molecule has 1 nitrogen and oxygen atoms in total. The van der Waals surface area contributed by atoms with Gasteiger partial charge >= 0.3 is 0 Å². The van der Waals surface area contributed by atoms with Crippen molar-refractivity contribution in [1.29, 1.82) is 0 Å². The second-order valence-corrected chi connectivity index (χ2v) is 10.7. The van der Waals surface area contributed by atoms with Crippen molar-refractivity contribution < 1.29 is 0 Å². The molecule has 1 atom stereocenters. The summed E-state index contributed by atoms with van der Waals surface area (Å²) >= 11 is 0. The molecule has 13 heavy (non-hydrogen) atoms. The van der Waals surface area contributed by atoms with Crippen molar-refractivity contribution in [2.75, 3.05) is 13.1 Å². The smallest absolute Gasteiger partial charge is 0.0687 e. The van der Waals surface area contributed by atoms with Crippen molar-refractivity contribution in [1.82, 2.24) is 4.90 Å². The Morgan fingerprint density at radius 2 is 2.15 bits per heavy atom. The maximum Gasteiger partial charge on any atom is 0.0687 e. The summed E-state index contributed by atoms with van der Waals surface area (Å²) < 4.78 is 0. The Hall–Kier alpha value is -0.0831. The van der Waals surface area contributed by atoms with E-state index in [1.54, 1.807) is 5.57 Å². The van der Waals surface area contributed by atoms with Crippen LogP contribution in [0.5, 0.6) is 0 Å². The summed E-state index contributed by atoms with van der Waals surface area (Å²) in [5, 5.41) is 0. The second kappa shape index (κ2) is 3.25. The van der Waals surface area contributed by atoms with E-state index < -0.39 is 8.07 Å². The predicted octanol–water partition coefficient (Wildman–Crippen LogP) is 2.66. The van der Waals surface area contributed by atoms with Gasteiger partial charge in [-0.1, -0.05) is 30.9 Å². The molecule has 0 aromatic heterocycles. The van der Waals surface area contributed by atoms with Crippen LogP contribution in [0.3, 0.4) is 0 Å². The topological polar surface area (TPSA) is 3.24 Å². The van der Waals surface area contributed by atoms with E-state index in [-0.39, 0.29) is 0 Å². The third kappa shape index (κ3) is 2.23. The fourth-order valence-corrected chi connectivity index (χ4v) is 4.11. The van der Waals surface area contributed by atoms with Crippen molar-refractivity contribution in [2.45, 2.75) is 44.9 Å². The van der Waals surface area contributed by atoms with Crippen LogP contribution in [0.15, 0.2) is 11.3 Å². The van der Waals surface area contributed by atoms with E-state index in [0.29, 0.717) is 0 Å². The summed E-state index contributed by atoms with van der Waals surface area (Å²) in [7, 11) is -0.959. The molecule has 0 aliphatic carbocycles. The lowest BCUT2D eigenvalue weighted by atomic mass is 10.1. The van der Waals surface area contributed by atoms with Gasteiger partial charge in [0.05, 0.1) is 8.07 Å². The molecule has 0 bridgehead atoms. The first-order valence-electron chi connectivity index (χ1n) is 5.49. The number of nitrogens with zero attached hydrogens (tertiary/aromatic N) is 1. The third-order valence-electron chi connectivity index (χ3n) is 3.04. The summed E-state index contributed by atoms with van der Waals surface area (Å²) in [6.07, 6.45) is 4.26. The number of fused-ring (bicyclic) bond motifs is 1. The Morgan fingerprint density at radius 1 is 1.38 bits per heavy atom. The predicted molar refractivity (Wildman–Crippen MR) is 60.6 cm³/mol. The van der Waals surface area contributed by atoms with Gasteiger partial charge in [0.25, 0.3) is 0 Å². The van der Waals surface area contributed by atoms with Crippen molar-refractivity contribution in [3.05, 3.63) is 11.3 Å². The van der Waals surface area contributed by atoms with E-state index in [1.165, 1.54) is 32.4 Å². The summed E-state index contributed by atoms with van der Waals surface area (Å²) in [6.45, 7) is 9.94. The molecule has 0 aromatic rings. The molecule has 0 aromatic carbocycles. The van der Waals surface area contributed by atoms with Crippen LogP contribution >= 0.6 is 0 Å². The maximum absolute atomic E-state index is 2.67. The average molecular weight is 195 g/mol. The van der Waals surface area contributed by atoms with Crippen LogP contribution in [0.25, 0.3) is 0 Å². The first-order valence-corrected chi connectivity index (χ1v) is 9.07. The van der Waals surface area contributed by atoms with Gasteiger partial charge in [0.15, 0.2) is 0 Å². The molecule has 2 fully saturated rings. The summed E-state index contributed by atoms with van der Waals surface area (Å²) in [4.78, 5) is 2.67. The highest BCUT2D eigenvalue weighted by Crippen LogP contribution is 2.31. The van der Waals surface area contributed by atoms with Gasteiger partial charge in [0.2, 0.25) is 0 Å². The minimum absolute atomic E-state index is 0.919. The van der Waals surface area contributed by atoms with Gasteiger partial charge in [0, 0.05) is 12.6 Å². The maximum atomic E-state index is 2.67. The third-order valence-corrected chi connectivity index (χ3v) is 4.31. The van der Waals surface area contributed by atoms with Crippen LogP contribution < -0.4 is 0 Å². The fourth-order valence-electron chi connectivity index (χ4n) is 2.68. The summed E-state index contributed by atoms with van der Waals surface area (Å²) in [6, 6.07) is 0.919. The minimum atomic E-state index is -0.959. The van der Waals surface area contributed by atoms with Crippen LogP contribution in [-0.2, 0) is 0 Å². The normalized spacial score (nSPS) is 32.8. The zero-order valence-corrected chi connectivity index (χ0v) is 10.1. The van der Waals surface area contributed by atoms with Gasteiger partial charge in [-0.2, -0.15) is 0 Å². The Kier molecular flexibility index (Phi) is 2.36. The molecule has 0 amide bonds. The summed E-state index contributed by atoms with van der Waals surface area (Å²) in [5.74, 6) is 0. The van der Waals surface area contributed by atoms with E-state index in [1.807, 2.05) is 0 Å². The highest BCUT2D eigenvalue weighted by molar-refractivity contribution is 6.81. The number of hydrogen-bond donors (Lipinski definition) is 0. The van der Waals surface area contributed by atoms with Gasteiger partial charge in [-0.15, -0.1) is 0 Å². The SMILES string of the molecule is C[Si](C)(C)/C=C1/CC2CCCN2C1. The Bertz CT molecular complexity index is 213. The van der Waals surface area contributed by atoms with Crippen LogP contribution in [0.4, 0.5) is 0 Å². The van der Waals surface area contributed by atoms with E-state index in [9.17, 15) is 0 Å². The van der Waals surface area contributed by atoms with Crippen molar-refractivity contribution in [2.24, 2.45) is 0 Å². The van der Waals surface area contributed by atoms with Crippen molar-refractivity contribution in [3.63, 3.8) is 0 Å². The van der Waals surface area contributed by atoms with E-state index in [2.05, 4.69) is 30.2 Å².